The van der Waals surface area contributed by atoms with Crippen LogP contribution in [0.4, 0.5) is 10.1 Å². The molecule has 0 atom stereocenters. The maximum absolute atomic E-state index is 14.6. The monoisotopic (exact) mass is 517 g/mol. The predicted octanol–water partition coefficient (Wildman–Crippen LogP) is 6.50. The quantitative estimate of drug-likeness (QED) is 0.242. The summed E-state index contributed by atoms with van der Waals surface area (Å²) in [4.78, 5) is 29.4. The van der Waals surface area contributed by atoms with Gasteiger partial charge in [-0.25, -0.2) is 9.37 Å². The Morgan fingerprint density at radius 3 is 2.67 bits per heavy atom. The van der Waals surface area contributed by atoms with Crippen molar-refractivity contribution in [3.05, 3.63) is 79.1 Å². The minimum absolute atomic E-state index is 0.0557. The molecule has 7 rings (SSSR count). The molecule has 1 aliphatic carbocycles. The van der Waals surface area contributed by atoms with Crippen LogP contribution in [0.5, 0.6) is 0 Å². The van der Waals surface area contributed by atoms with E-state index in [4.69, 9.17) is 0 Å². The summed E-state index contributed by atoms with van der Waals surface area (Å²) in [5, 5.41) is 12.1. The maximum Gasteiger partial charge on any atom is 0.227 e. The highest BCUT2D eigenvalue weighted by Gasteiger charge is 2.23. The van der Waals surface area contributed by atoms with Gasteiger partial charge < -0.3 is 10.3 Å². The number of H-pyrrole nitrogens is 2. The molecule has 3 N–H and O–H groups in total. The van der Waals surface area contributed by atoms with Gasteiger partial charge >= 0.3 is 0 Å². The van der Waals surface area contributed by atoms with Crippen molar-refractivity contribution >= 4 is 33.5 Å². The lowest BCUT2D eigenvalue weighted by Crippen LogP contribution is -2.20. The van der Waals surface area contributed by atoms with Gasteiger partial charge in [-0.3, -0.25) is 19.9 Å². The zero-order chi connectivity index (χ0) is 26.3. The van der Waals surface area contributed by atoms with Crippen LogP contribution in [-0.4, -0.2) is 36.0 Å². The Kier molecular flexibility index (Phi) is 5.61. The number of aromatic amines is 2. The van der Waals surface area contributed by atoms with Crippen molar-refractivity contribution in [1.82, 2.24) is 30.1 Å². The molecule has 1 amide bonds. The lowest BCUT2D eigenvalue weighted by Gasteiger charge is -2.11. The molecule has 0 saturated heterocycles. The smallest absolute Gasteiger partial charge is 0.227 e. The van der Waals surface area contributed by atoms with E-state index in [1.807, 2.05) is 24.3 Å². The first-order valence-corrected chi connectivity index (χ1v) is 13.0. The van der Waals surface area contributed by atoms with E-state index in [1.165, 1.54) is 6.07 Å². The Labute approximate surface area is 222 Å². The zero-order valence-corrected chi connectivity index (χ0v) is 20.9. The molecular weight excluding hydrogens is 493 g/mol. The van der Waals surface area contributed by atoms with Crippen LogP contribution in [0.3, 0.4) is 0 Å². The molecule has 0 unspecified atom stereocenters. The normalized spacial score (nSPS) is 13.9. The van der Waals surface area contributed by atoms with Gasteiger partial charge in [0.2, 0.25) is 5.91 Å². The number of nitrogens with one attached hydrogen (secondary N) is 3. The second kappa shape index (κ2) is 9.43. The average molecular weight is 518 g/mol. The molecule has 0 aliphatic heterocycles. The van der Waals surface area contributed by atoms with Gasteiger partial charge in [-0.05, 0) is 49.2 Å². The van der Waals surface area contributed by atoms with Gasteiger partial charge in [0.25, 0.3) is 0 Å². The molecule has 192 valence electrons. The van der Waals surface area contributed by atoms with E-state index in [2.05, 4.69) is 35.5 Å². The van der Waals surface area contributed by atoms with Crippen LogP contribution in [-0.2, 0) is 4.79 Å². The summed E-state index contributed by atoms with van der Waals surface area (Å²) in [6, 6.07) is 14.4. The summed E-state index contributed by atoms with van der Waals surface area (Å²) < 4.78 is 14.6. The molecule has 1 fully saturated rings. The maximum atomic E-state index is 14.6. The van der Waals surface area contributed by atoms with Gasteiger partial charge in [0.05, 0.1) is 29.0 Å². The molecule has 0 radical (unpaired) electrons. The van der Waals surface area contributed by atoms with Gasteiger partial charge in [-0.2, -0.15) is 5.10 Å². The Balaban J connectivity index is 1.25. The summed E-state index contributed by atoms with van der Waals surface area (Å²) in [5.74, 6) is -0.192. The summed E-state index contributed by atoms with van der Waals surface area (Å²) >= 11 is 0. The molecule has 1 aliphatic rings. The number of halogens is 1. The number of anilines is 1. The third-order valence-corrected chi connectivity index (χ3v) is 7.42. The molecule has 6 aromatic rings. The van der Waals surface area contributed by atoms with Gasteiger partial charge in [-0.1, -0.05) is 25.0 Å². The Morgan fingerprint density at radius 1 is 0.949 bits per heavy atom. The molecule has 5 heterocycles. The molecule has 9 heteroatoms. The van der Waals surface area contributed by atoms with Gasteiger partial charge in [0, 0.05) is 57.5 Å². The van der Waals surface area contributed by atoms with Gasteiger partial charge in [0.1, 0.15) is 5.82 Å². The van der Waals surface area contributed by atoms with E-state index >= 15 is 0 Å². The lowest BCUT2D eigenvalue weighted by molar-refractivity contribution is -0.119. The number of fused-ring (bicyclic) bond motifs is 2. The van der Waals surface area contributed by atoms with E-state index in [1.54, 1.807) is 43.0 Å². The van der Waals surface area contributed by atoms with Crippen molar-refractivity contribution in [2.75, 3.05) is 5.32 Å². The molecule has 39 heavy (non-hydrogen) atoms. The molecule has 5 aromatic heterocycles. The van der Waals surface area contributed by atoms with Crippen molar-refractivity contribution in [2.24, 2.45) is 5.92 Å². The highest BCUT2D eigenvalue weighted by Crippen LogP contribution is 2.35. The first kappa shape index (κ1) is 23.2. The lowest BCUT2D eigenvalue weighted by atomic mass is 10.1. The molecule has 1 aromatic carbocycles. The second-order valence-electron chi connectivity index (χ2n) is 9.91. The van der Waals surface area contributed by atoms with E-state index in [-0.39, 0.29) is 17.6 Å². The number of aromatic nitrogens is 6. The van der Waals surface area contributed by atoms with E-state index in [0.29, 0.717) is 22.6 Å². The zero-order valence-electron chi connectivity index (χ0n) is 20.9. The Morgan fingerprint density at radius 2 is 1.79 bits per heavy atom. The number of carbonyl (C=O) groups excluding carboxylic acids is 1. The summed E-state index contributed by atoms with van der Waals surface area (Å²) in [6.45, 7) is 0. The minimum atomic E-state index is -0.323. The Bertz CT molecular complexity index is 1850. The first-order valence-electron chi connectivity index (χ1n) is 13.0. The number of hydrogen-bond donors (Lipinski definition) is 3. The van der Waals surface area contributed by atoms with Crippen LogP contribution in [0, 0.1) is 11.7 Å². The Hall–Kier alpha value is -4.92. The van der Waals surface area contributed by atoms with Crippen LogP contribution in [0.15, 0.2) is 73.3 Å². The average Bonchev–Trinajstić information content (AvgIpc) is 3.73. The molecule has 8 nitrogen and oxygen atoms in total. The summed E-state index contributed by atoms with van der Waals surface area (Å²) in [6.07, 6.45) is 10.9. The van der Waals surface area contributed by atoms with E-state index in [9.17, 15) is 9.18 Å². The van der Waals surface area contributed by atoms with Crippen LogP contribution in [0.1, 0.15) is 25.7 Å². The van der Waals surface area contributed by atoms with E-state index < -0.39 is 0 Å². The number of rotatable bonds is 5. The first-order chi connectivity index (χ1) is 19.1. The van der Waals surface area contributed by atoms with Crippen LogP contribution >= 0.6 is 0 Å². The van der Waals surface area contributed by atoms with Crippen molar-refractivity contribution in [3.8, 4) is 33.8 Å². The van der Waals surface area contributed by atoms with Crippen molar-refractivity contribution < 1.29 is 9.18 Å². The standard InChI is InChI=1S/C30H24FN7O/c31-24-8-4-3-7-21(24)27-22-13-26(36-25(22)9-10-33-27)28-23-12-19(15-34-29(23)38-37-28)18-11-20(16-32-14-18)35-30(39)17-5-1-2-6-17/h3-4,7-17,36H,1-2,5-6H2,(H,35,39)(H,34,37,38). The third-order valence-electron chi connectivity index (χ3n) is 7.42. The highest BCUT2D eigenvalue weighted by molar-refractivity contribution is 6.00. The molecule has 1 saturated carbocycles. The summed E-state index contributed by atoms with van der Waals surface area (Å²) in [5.41, 5.74) is 6.31. The van der Waals surface area contributed by atoms with Gasteiger partial charge in [-0.15, -0.1) is 0 Å². The van der Waals surface area contributed by atoms with E-state index in [0.717, 1.165) is 64.5 Å². The fourth-order valence-corrected chi connectivity index (χ4v) is 5.42. The number of benzene rings is 1. The number of hydrogen-bond acceptors (Lipinski definition) is 5. The minimum Gasteiger partial charge on any atom is -0.353 e. The van der Waals surface area contributed by atoms with Crippen molar-refractivity contribution in [1.29, 1.82) is 0 Å². The molecule has 0 bridgehead atoms. The third kappa shape index (κ3) is 4.21. The predicted molar refractivity (Wildman–Crippen MR) is 148 cm³/mol. The van der Waals surface area contributed by atoms with Crippen molar-refractivity contribution in [3.63, 3.8) is 0 Å². The van der Waals surface area contributed by atoms with Crippen LogP contribution in [0.2, 0.25) is 0 Å². The van der Waals surface area contributed by atoms with Crippen LogP contribution in [0.25, 0.3) is 55.7 Å². The summed E-state index contributed by atoms with van der Waals surface area (Å²) in [7, 11) is 0. The van der Waals surface area contributed by atoms with Crippen LogP contribution < -0.4 is 5.32 Å². The SMILES string of the molecule is O=C(Nc1cncc(-c2cnc3n[nH]c(-c4cc5c(-c6ccccc6F)nccc5[nH]4)c3c2)c1)C1CCCC1. The second-order valence-corrected chi connectivity index (χ2v) is 9.91. The molecular formula is C30H24FN7O. The fraction of sp³-hybridized carbons (Fsp3) is 0.167. The fourth-order valence-electron chi connectivity index (χ4n) is 5.42. The topological polar surface area (TPSA) is 112 Å². The highest BCUT2D eigenvalue weighted by atomic mass is 19.1. The van der Waals surface area contributed by atoms with Gasteiger partial charge in [0.15, 0.2) is 5.65 Å². The number of carbonyl (C=O) groups is 1. The molecule has 0 spiro atoms. The number of pyridine rings is 3. The number of nitrogens with zero attached hydrogens (tertiary/aromatic N) is 4. The van der Waals surface area contributed by atoms with Crippen molar-refractivity contribution in [2.45, 2.75) is 25.7 Å². The largest absolute Gasteiger partial charge is 0.353 e. The number of amides is 1.